The number of carbonyl (C=O) groups excluding carboxylic acids is 1. The molecule has 1 aromatic heterocycles. The smallest absolute Gasteiger partial charge is 0.276 e. The summed E-state index contributed by atoms with van der Waals surface area (Å²) in [5, 5.41) is 13.7. The summed E-state index contributed by atoms with van der Waals surface area (Å²) in [5.74, 6) is -2.21. The molecule has 0 bridgehead atoms. The maximum absolute atomic E-state index is 13.1. The Kier molecular flexibility index (Phi) is 4.85. The predicted octanol–water partition coefficient (Wildman–Crippen LogP) is 4.40. The van der Waals surface area contributed by atoms with Crippen LogP contribution in [0, 0.1) is 11.6 Å². The second-order valence-corrected chi connectivity index (χ2v) is 5.46. The normalized spacial score (nSPS) is 10.4. The summed E-state index contributed by atoms with van der Waals surface area (Å²) in [7, 11) is 0. The minimum absolute atomic E-state index is 0.0291. The number of amides is 1. The molecule has 0 radical (unpaired) electrons. The molecule has 5 nitrogen and oxygen atoms in total. The standard InChI is InChI=1S/C17H11ClF2N4O/c18-10-2-1-3-11(8-10)21-16-7-6-15(23-24-16)17(25)22-12-4-5-13(19)14(20)9-12/h1-9H,(H,21,24)(H,22,25). The van der Waals surface area contributed by atoms with Crippen LogP contribution in [-0.2, 0) is 0 Å². The highest BCUT2D eigenvalue weighted by atomic mass is 35.5. The lowest BCUT2D eigenvalue weighted by molar-refractivity contribution is 0.102. The Bertz CT molecular complexity index is 919. The third-order valence-corrected chi connectivity index (χ3v) is 3.41. The number of hydrogen-bond acceptors (Lipinski definition) is 4. The lowest BCUT2D eigenvalue weighted by Crippen LogP contribution is -2.14. The minimum atomic E-state index is -1.05. The molecule has 0 spiro atoms. The Labute approximate surface area is 146 Å². The van der Waals surface area contributed by atoms with Crippen molar-refractivity contribution in [2.24, 2.45) is 0 Å². The summed E-state index contributed by atoms with van der Waals surface area (Å²) in [5.41, 5.74) is 0.869. The molecule has 0 aliphatic rings. The van der Waals surface area contributed by atoms with Gasteiger partial charge in [-0.05, 0) is 42.5 Å². The molecule has 0 unspecified atom stereocenters. The first kappa shape index (κ1) is 16.8. The van der Waals surface area contributed by atoms with Crippen LogP contribution < -0.4 is 10.6 Å². The average Bonchev–Trinajstić information content (AvgIpc) is 2.59. The zero-order chi connectivity index (χ0) is 17.8. The number of halogens is 3. The molecule has 3 rings (SSSR count). The molecule has 3 aromatic rings. The largest absolute Gasteiger partial charge is 0.339 e. The minimum Gasteiger partial charge on any atom is -0.339 e. The van der Waals surface area contributed by atoms with Gasteiger partial charge in [0, 0.05) is 22.5 Å². The van der Waals surface area contributed by atoms with E-state index in [1.54, 1.807) is 30.3 Å². The number of nitrogens with one attached hydrogen (secondary N) is 2. The van der Waals surface area contributed by atoms with E-state index in [1.165, 1.54) is 12.1 Å². The summed E-state index contributed by atoms with van der Waals surface area (Å²) in [4.78, 5) is 12.1. The Balaban J connectivity index is 1.68. The van der Waals surface area contributed by atoms with Gasteiger partial charge in [-0.25, -0.2) is 8.78 Å². The van der Waals surface area contributed by atoms with Gasteiger partial charge in [-0.3, -0.25) is 4.79 Å². The summed E-state index contributed by atoms with van der Waals surface area (Å²) >= 11 is 5.90. The fourth-order valence-corrected chi connectivity index (χ4v) is 2.19. The van der Waals surface area contributed by atoms with E-state index in [0.717, 1.165) is 17.8 Å². The van der Waals surface area contributed by atoms with Gasteiger partial charge >= 0.3 is 0 Å². The molecule has 0 aliphatic heterocycles. The van der Waals surface area contributed by atoms with Gasteiger partial charge in [-0.15, -0.1) is 10.2 Å². The van der Waals surface area contributed by atoms with Crippen LogP contribution in [0.25, 0.3) is 0 Å². The number of carbonyl (C=O) groups is 1. The van der Waals surface area contributed by atoms with E-state index in [4.69, 9.17) is 11.6 Å². The third-order valence-electron chi connectivity index (χ3n) is 3.17. The Morgan fingerprint density at radius 2 is 1.76 bits per heavy atom. The molecular weight excluding hydrogens is 350 g/mol. The van der Waals surface area contributed by atoms with Crippen molar-refractivity contribution in [3.63, 3.8) is 0 Å². The summed E-state index contributed by atoms with van der Waals surface area (Å²) in [6.07, 6.45) is 0. The fourth-order valence-electron chi connectivity index (χ4n) is 2.00. The maximum Gasteiger partial charge on any atom is 0.276 e. The van der Waals surface area contributed by atoms with E-state index in [0.29, 0.717) is 10.8 Å². The van der Waals surface area contributed by atoms with Crippen molar-refractivity contribution in [3.8, 4) is 0 Å². The van der Waals surface area contributed by atoms with E-state index in [9.17, 15) is 13.6 Å². The highest BCUT2D eigenvalue weighted by molar-refractivity contribution is 6.30. The first-order chi connectivity index (χ1) is 12.0. The van der Waals surface area contributed by atoms with Crippen molar-refractivity contribution in [2.75, 3.05) is 10.6 Å². The maximum atomic E-state index is 13.1. The van der Waals surface area contributed by atoms with Crippen LogP contribution in [0.1, 0.15) is 10.5 Å². The molecular formula is C17H11ClF2N4O. The van der Waals surface area contributed by atoms with Gasteiger partial charge in [-0.2, -0.15) is 0 Å². The van der Waals surface area contributed by atoms with Crippen molar-refractivity contribution >= 4 is 34.7 Å². The van der Waals surface area contributed by atoms with Crippen molar-refractivity contribution in [3.05, 3.63) is 76.9 Å². The van der Waals surface area contributed by atoms with Gasteiger partial charge in [-0.1, -0.05) is 17.7 Å². The predicted molar refractivity (Wildman–Crippen MR) is 91.1 cm³/mol. The van der Waals surface area contributed by atoms with Gasteiger partial charge in [0.05, 0.1) is 0 Å². The second kappa shape index (κ2) is 7.23. The van der Waals surface area contributed by atoms with Crippen LogP contribution in [0.3, 0.4) is 0 Å². The van der Waals surface area contributed by atoms with Crippen molar-refractivity contribution in [2.45, 2.75) is 0 Å². The quantitative estimate of drug-likeness (QED) is 0.723. The van der Waals surface area contributed by atoms with Crippen LogP contribution in [-0.4, -0.2) is 16.1 Å². The van der Waals surface area contributed by atoms with E-state index >= 15 is 0 Å². The first-order valence-corrected chi connectivity index (χ1v) is 7.52. The summed E-state index contributed by atoms with van der Waals surface area (Å²) in [6, 6.07) is 13.1. The molecule has 1 amide bonds. The molecule has 1 heterocycles. The van der Waals surface area contributed by atoms with Crippen molar-refractivity contribution < 1.29 is 13.6 Å². The first-order valence-electron chi connectivity index (χ1n) is 7.14. The monoisotopic (exact) mass is 360 g/mol. The summed E-state index contributed by atoms with van der Waals surface area (Å²) < 4.78 is 26.0. The van der Waals surface area contributed by atoms with Crippen LogP contribution in [0.2, 0.25) is 5.02 Å². The molecule has 126 valence electrons. The van der Waals surface area contributed by atoms with E-state index in [1.807, 2.05) is 0 Å². The molecule has 2 N–H and O–H groups in total. The van der Waals surface area contributed by atoms with Gasteiger partial charge < -0.3 is 10.6 Å². The zero-order valence-corrected chi connectivity index (χ0v) is 13.4. The number of aromatic nitrogens is 2. The average molecular weight is 361 g/mol. The number of nitrogens with zero attached hydrogens (tertiary/aromatic N) is 2. The SMILES string of the molecule is O=C(Nc1ccc(F)c(F)c1)c1ccc(Nc2cccc(Cl)c2)nn1. The molecule has 0 saturated carbocycles. The molecule has 0 aliphatic carbocycles. The molecule has 2 aromatic carbocycles. The summed E-state index contributed by atoms with van der Waals surface area (Å²) in [6.45, 7) is 0. The van der Waals surface area contributed by atoms with E-state index in [2.05, 4.69) is 20.8 Å². The number of anilines is 3. The molecule has 25 heavy (non-hydrogen) atoms. The van der Waals surface area contributed by atoms with Crippen LogP contribution in [0.4, 0.5) is 26.0 Å². The van der Waals surface area contributed by atoms with E-state index in [-0.39, 0.29) is 11.4 Å². The molecule has 0 atom stereocenters. The van der Waals surface area contributed by atoms with Crippen molar-refractivity contribution in [1.29, 1.82) is 0 Å². The highest BCUT2D eigenvalue weighted by Gasteiger charge is 2.10. The van der Waals surface area contributed by atoms with Gasteiger partial charge in [0.15, 0.2) is 23.1 Å². The van der Waals surface area contributed by atoms with Gasteiger partial charge in [0.1, 0.15) is 0 Å². The highest BCUT2D eigenvalue weighted by Crippen LogP contribution is 2.19. The lowest BCUT2D eigenvalue weighted by atomic mass is 10.2. The lowest BCUT2D eigenvalue weighted by Gasteiger charge is -2.07. The second-order valence-electron chi connectivity index (χ2n) is 5.02. The van der Waals surface area contributed by atoms with Crippen LogP contribution >= 0.6 is 11.6 Å². The number of benzene rings is 2. The van der Waals surface area contributed by atoms with Crippen molar-refractivity contribution in [1.82, 2.24) is 10.2 Å². The number of rotatable bonds is 4. The Morgan fingerprint density at radius 3 is 2.44 bits per heavy atom. The molecule has 0 fully saturated rings. The van der Waals surface area contributed by atoms with Gasteiger partial charge in [0.2, 0.25) is 0 Å². The Hall–Kier alpha value is -3.06. The molecule has 8 heteroatoms. The van der Waals surface area contributed by atoms with Crippen LogP contribution in [0.5, 0.6) is 0 Å². The fraction of sp³-hybridized carbons (Fsp3) is 0. The van der Waals surface area contributed by atoms with Crippen LogP contribution in [0.15, 0.2) is 54.6 Å². The van der Waals surface area contributed by atoms with E-state index < -0.39 is 17.5 Å². The zero-order valence-electron chi connectivity index (χ0n) is 12.6. The third kappa shape index (κ3) is 4.27. The van der Waals surface area contributed by atoms with Gasteiger partial charge in [0.25, 0.3) is 5.91 Å². The number of hydrogen-bond donors (Lipinski definition) is 2. The molecule has 0 saturated heterocycles. The Morgan fingerprint density at radius 1 is 0.920 bits per heavy atom. The topological polar surface area (TPSA) is 66.9 Å².